The first kappa shape index (κ1) is 39.0. The maximum Gasteiger partial charge on any atom is 0.368 e. The Morgan fingerprint density at radius 1 is 1.13 bits per heavy atom. The number of likely N-dealkylation sites (N-methyl/N-ethyl adjacent to an activating group) is 1. The molecule has 0 saturated heterocycles. The zero-order chi connectivity index (χ0) is 39.4. The predicted molar refractivity (Wildman–Crippen MR) is 212 cm³/mol. The highest BCUT2D eigenvalue weighted by Gasteiger charge is 2.28. The van der Waals surface area contributed by atoms with Crippen LogP contribution in [0, 0.1) is 10.1 Å². The topological polar surface area (TPSA) is 153 Å². The van der Waals surface area contributed by atoms with Crippen molar-refractivity contribution >= 4 is 51.9 Å². The monoisotopic (exact) mass is 786 g/mol. The van der Waals surface area contributed by atoms with Gasteiger partial charge in [0.15, 0.2) is 19.0 Å². The number of carbonyl (C=O) groups excluding carboxylic acids is 1. The normalized spacial score (nSPS) is 15.3. The van der Waals surface area contributed by atoms with E-state index in [9.17, 15) is 19.7 Å². The molecule has 55 heavy (non-hydrogen) atoms. The van der Waals surface area contributed by atoms with Gasteiger partial charge in [0.05, 0.1) is 68.1 Å². The molecule has 0 fully saturated rings. The highest BCUT2D eigenvalue weighted by Crippen LogP contribution is 2.45. The van der Waals surface area contributed by atoms with Gasteiger partial charge in [0.2, 0.25) is 6.17 Å². The van der Waals surface area contributed by atoms with Crippen LogP contribution < -0.4 is 20.3 Å². The number of carbonyl (C=O) groups is 1. The van der Waals surface area contributed by atoms with E-state index in [1.807, 2.05) is 57.7 Å². The Morgan fingerprint density at radius 2 is 1.85 bits per heavy atom. The summed E-state index contributed by atoms with van der Waals surface area (Å²) in [6.07, 6.45) is 10.5. The molecule has 2 aromatic carbocycles. The Balaban J connectivity index is 1.30. The van der Waals surface area contributed by atoms with Gasteiger partial charge in [-0.1, -0.05) is 57.2 Å². The number of halogens is 2. The van der Waals surface area contributed by atoms with Gasteiger partial charge < -0.3 is 34.0 Å². The number of aliphatic imine (C=N–C) groups is 1. The number of benzene rings is 2. The first-order valence-corrected chi connectivity index (χ1v) is 18.0. The first-order valence-electron chi connectivity index (χ1n) is 17.3. The molecule has 4 aromatic rings. The summed E-state index contributed by atoms with van der Waals surface area (Å²) < 4.78 is 14.7. The van der Waals surface area contributed by atoms with Crippen molar-refractivity contribution in [1.29, 1.82) is 0 Å². The molecule has 1 unspecified atom stereocenters. The van der Waals surface area contributed by atoms with Crippen LogP contribution >= 0.6 is 23.2 Å². The van der Waals surface area contributed by atoms with Gasteiger partial charge in [-0.25, -0.2) is 4.98 Å². The van der Waals surface area contributed by atoms with E-state index in [0.29, 0.717) is 57.8 Å². The fourth-order valence-electron chi connectivity index (χ4n) is 6.58. The van der Waals surface area contributed by atoms with Gasteiger partial charge in [-0.3, -0.25) is 9.59 Å². The van der Waals surface area contributed by atoms with Crippen molar-refractivity contribution in [3.63, 3.8) is 0 Å². The van der Waals surface area contributed by atoms with Crippen LogP contribution in [0.5, 0.6) is 11.5 Å². The molecule has 6 rings (SSSR count). The summed E-state index contributed by atoms with van der Waals surface area (Å²) in [6.45, 7) is 1.08. The highest BCUT2D eigenvalue weighted by molar-refractivity contribution is 6.41. The molecular formula is C39H40Cl2N8O6+2. The third-order valence-corrected chi connectivity index (χ3v) is 9.93. The smallest absolute Gasteiger partial charge is 0.368 e. The van der Waals surface area contributed by atoms with Crippen LogP contribution in [0.3, 0.4) is 0 Å². The van der Waals surface area contributed by atoms with Crippen molar-refractivity contribution in [1.82, 2.24) is 9.55 Å². The summed E-state index contributed by atoms with van der Waals surface area (Å²) in [6, 6.07) is 12.6. The van der Waals surface area contributed by atoms with Crippen molar-refractivity contribution in [2.24, 2.45) is 10.1 Å². The van der Waals surface area contributed by atoms with Crippen molar-refractivity contribution in [3.05, 3.63) is 126 Å². The van der Waals surface area contributed by atoms with Gasteiger partial charge in [0, 0.05) is 48.2 Å². The number of nitrogens with one attached hydrogen (secondary N) is 1. The second-order valence-electron chi connectivity index (χ2n) is 13.8. The number of ether oxygens (including phenoxy) is 2. The number of rotatable bonds is 15. The second kappa shape index (κ2) is 16.3. The molecule has 4 heterocycles. The maximum absolute atomic E-state index is 14.6. The number of quaternary nitrogens is 1. The number of hydrogen-bond donors (Lipinski definition) is 1. The number of hydrogen-bond acceptors (Lipinski definition) is 10. The lowest BCUT2D eigenvalue weighted by molar-refractivity contribution is -0.880. The molecule has 1 atom stereocenters. The van der Waals surface area contributed by atoms with E-state index in [1.54, 1.807) is 52.0 Å². The minimum absolute atomic E-state index is 0.0968. The second-order valence-corrected chi connectivity index (χ2v) is 14.6. The van der Waals surface area contributed by atoms with Gasteiger partial charge in [-0.05, 0) is 39.4 Å². The molecular weight excluding hydrogens is 747 g/mol. The molecule has 16 heteroatoms. The number of ketones is 1. The number of allylic oxidation sites excluding steroid dienone is 1. The van der Waals surface area contributed by atoms with Crippen LogP contribution in [0.15, 0.2) is 99.4 Å². The number of methoxy groups -OCH3 is 2. The molecule has 0 aliphatic carbocycles. The van der Waals surface area contributed by atoms with Gasteiger partial charge in [0.25, 0.3) is 5.56 Å². The Kier molecular flexibility index (Phi) is 11.6. The van der Waals surface area contributed by atoms with Gasteiger partial charge >= 0.3 is 5.82 Å². The quantitative estimate of drug-likeness (QED) is 0.0471. The molecule has 0 radical (unpaired) electrons. The Hall–Kier alpha value is -5.70. The van der Waals surface area contributed by atoms with Crippen LogP contribution in [0.25, 0.3) is 22.0 Å². The van der Waals surface area contributed by atoms with Crippen molar-refractivity contribution in [3.8, 4) is 22.6 Å². The molecule has 284 valence electrons. The summed E-state index contributed by atoms with van der Waals surface area (Å²) in [4.78, 5) is 47.1. The molecule has 0 amide bonds. The zero-order valence-electron chi connectivity index (χ0n) is 31.0. The average molecular weight is 788 g/mol. The van der Waals surface area contributed by atoms with Gasteiger partial charge in [-0.2, -0.15) is 0 Å². The van der Waals surface area contributed by atoms with Crippen molar-refractivity contribution < 1.29 is 28.4 Å². The Labute approximate surface area is 327 Å². The molecule has 2 aromatic heterocycles. The van der Waals surface area contributed by atoms with Crippen molar-refractivity contribution in [2.45, 2.75) is 25.6 Å². The van der Waals surface area contributed by atoms with Crippen LogP contribution in [-0.2, 0) is 17.8 Å². The average Bonchev–Trinajstić information content (AvgIpc) is 3.78. The van der Waals surface area contributed by atoms with E-state index in [2.05, 4.69) is 20.4 Å². The standard InChI is InChI=1S/C39H39Cl2N8O6/c1-46-14-12-33(45-46)44-34-19-30-27(21-43-34)18-29(35-36(40)31(54-4)20-32(55-5)37(35)41)39(51)47(30)22-25-9-6-8-24(16-25)17-28(50)10-7-15-49(2,3)23-26-11-13-42-38(26)48(52)53/h6-10,12-14,16,18-21,33H,11,15,17,22-23H2,1-5H3/q+1/p+1/b10-7+. The zero-order valence-corrected chi connectivity index (χ0v) is 32.5. The first-order chi connectivity index (χ1) is 26.3. The molecule has 0 saturated carbocycles. The number of nitro groups is 1. The third-order valence-electron chi connectivity index (χ3n) is 9.18. The molecule has 2 aliphatic rings. The lowest BCUT2D eigenvalue weighted by atomic mass is 10.0. The summed E-state index contributed by atoms with van der Waals surface area (Å²) in [7, 11) is 8.66. The van der Waals surface area contributed by atoms with Crippen LogP contribution in [0.2, 0.25) is 10.0 Å². The summed E-state index contributed by atoms with van der Waals surface area (Å²) in [5.41, 5.74) is 2.93. The van der Waals surface area contributed by atoms with E-state index in [0.717, 1.165) is 11.1 Å². The predicted octanol–water partition coefficient (Wildman–Crippen LogP) is 6.50. The Morgan fingerprint density at radius 3 is 2.53 bits per heavy atom. The number of pyridine rings is 2. The number of azo groups is 2. The number of fused-ring (bicyclic) bond motifs is 1. The largest absolute Gasteiger partial charge is 0.495 e. The van der Waals surface area contributed by atoms with Crippen LogP contribution in [0.4, 0.5) is 5.82 Å². The number of anilines is 1. The highest BCUT2D eigenvalue weighted by atomic mass is 35.5. The molecule has 14 nitrogen and oxygen atoms in total. The van der Waals surface area contributed by atoms with Gasteiger partial charge in [0.1, 0.15) is 30.1 Å². The molecule has 2 aliphatic heterocycles. The minimum Gasteiger partial charge on any atom is -0.495 e. The molecule has 0 spiro atoms. The van der Waals surface area contributed by atoms with E-state index in [-0.39, 0.29) is 57.5 Å². The maximum atomic E-state index is 14.6. The number of aromatic nitrogens is 2. The SMILES string of the molecule is COc1cc(OC)c(Cl)c(-c2cc3cnc(NC4C=C[N+](C)=N4)cc3n(Cc3cccc(CC(=O)/C=C/C[N+](C)(C)CC4=C([N+](=O)[O-])N=CC4)c3)c2=O)c1Cl. The molecule has 1 N–H and O–H groups in total. The van der Waals surface area contributed by atoms with Crippen molar-refractivity contribution in [2.75, 3.05) is 53.8 Å². The van der Waals surface area contributed by atoms with E-state index in [4.69, 9.17) is 32.7 Å². The van der Waals surface area contributed by atoms with Crippen LogP contribution in [0.1, 0.15) is 17.5 Å². The minimum atomic E-state index is -0.457. The van der Waals surface area contributed by atoms with E-state index >= 15 is 0 Å². The lowest BCUT2D eigenvalue weighted by Crippen LogP contribution is -2.41. The molecule has 0 bridgehead atoms. The fraction of sp³-hybridized carbons (Fsp3) is 0.282. The third kappa shape index (κ3) is 8.83. The summed E-state index contributed by atoms with van der Waals surface area (Å²) >= 11 is 13.6. The Bertz CT molecular complexity index is 2390. The van der Waals surface area contributed by atoms with E-state index < -0.39 is 4.92 Å². The number of nitrogens with zero attached hydrogens (tertiary/aromatic N) is 7. The fourth-order valence-corrected chi connectivity index (χ4v) is 7.29. The summed E-state index contributed by atoms with van der Waals surface area (Å²) in [5.74, 6) is 0.893. The summed E-state index contributed by atoms with van der Waals surface area (Å²) in [5, 5.41) is 20.0. The van der Waals surface area contributed by atoms with E-state index in [1.165, 1.54) is 14.2 Å². The van der Waals surface area contributed by atoms with Crippen LogP contribution in [-0.4, -0.2) is 90.3 Å². The van der Waals surface area contributed by atoms with Gasteiger partial charge in [-0.15, -0.1) is 0 Å². The lowest BCUT2D eigenvalue weighted by Gasteiger charge is -2.28.